The normalized spacial score (nSPS) is 15.6. The zero-order valence-corrected chi connectivity index (χ0v) is 17.3. The van der Waals surface area contributed by atoms with Gasteiger partial charge in [0.2, 0.25) is 0 Å². The molecule has 0 amide bonds. The molecule has 0 unspecified atom stereocenters. The van der Waals surface area contributed by atoms with Gasteiger partial charge < -0.3 is 10.2 Å². The molecule has 1 aromatic carbocycles. The lowest BCUT2D eigenvalue weighted by Gasteiger charge is -2.33. The molecule has 2 aromatic rings. The maximum absolute atomic E-state index is 13.2. The predicted molar refractivity (Wildman–Crippen MR) is 111 cm³/mol. The molecular formula is C18H26FIN6. The Hall–Kier alpha value is -1.71. The highest BCUT2D eigenvalue weighted by Crippen LogP contribution is 2.24. The molecule has 0 bridgehead atoms. The number of aliphatic imine (C=N–C) groups is 1. The maximum atomic E-state index is 13.2. The number of nitrogens with zero attached hydrogens (tertiary/aromatic N) is 4. The summed E-state index contributed by atoms with van der Waals surface area (Å²) in [4.78, 5) is 10.9. The number of halogens is 2. The van der Waals surface area contributed by atoms with Crippen LogP contribution in [0, 0.1) is 5.82 Å². The van der Waals surface area contributed by atoms with E-state index < -0.39 is 0 Å². The van der Waals surface area contributed by atoms with Gasteiger partial charge in [-0.3, -0.25) is 10.1 Å². The minimum absolute atomic E-state index is 0. The van der Waals surface area contributed by atoms with E-state index in [-0.39, 0.29) is 29.8 Å². The molecule has 0 atom stereocenters. The second-order valence-corrected chi connectivity index (χ2v) is 6.34. The summed E-state index contributed by atoms with van der Waals surface area (Å²) in [5.74, 6) is 2.20. The van der Waals surface area contributed by atoms with Crippen molar-refractivity contribution in [2.24, 2.45) is 4.99 Å². The van der Waals surface area contributed by atoms with Gasteiger partial charge in [-0.1, -0.05) is 12.1 Å². The molecule has 3 rings (SSSR count). The highest BCUT2D eigenvalue weighted by Gasteiger charge is 2.24. The van der Waals surface area contributed by atoms with Crippen molar-refractivity contribution in [3.63, 3.8) is 0 Å². The zero-order chi connectivity index (χ0) is 17.5. The van der Waals surface area contributed by atoms with Crippen LogP contribution in [0.15, 0.2) is 35.6 Å². The minimum atomic E-state index is -0.170. The lowest BCUT2D eigenvalue weighted by Crippen LogP contribution is -2.45. The van der Waals surface area contributed by atoms with E-state index >= 15 is 0 Å². The molecule has 6 nitrogen and oxygen atoms in total. The summed E-state index contributed by atoms with van der Waals surface area (Å²) in [5.41, 5.74) is 1.03. The van der Waals surface area contributed by atoms with Gasteiger partial charge in [0.05, 0.1) is 0 Å². The quantitative estimate of drug-likeness (QED) is 0.304. The standard InChI is InChI=1S/C18H25FN6.HI/c1-20-18(21-9-3-5-14-4-2-6-16(19)12-14)25-10-7-15(8-11-25)17-22-13-23-24-17;/h2,4,6,12-13,15H,3,5,7-11H2,1H3,(H,20,21)(H,22,23,24);1H. The summed E-state index contributed by atoms with van der Waals surface area (Å²) in [5, 5.41) is 10.3. The number of aromatic nitrogens is 3. The molecule has 0 radical (unpaired) electrons. The van der Waals surface area contributed by atoms with Gasteiger partial charge in [0.25, 0.3) is 0 Å². The predicted octanol–water partition coefficient (Wildman–Crippen LogP) is 2.95. The van der Waals surface area contributed by atoms with Crippen LogP contribution in [0.25, 0.3) is 0 Å². The Labute approximate surface area is 170 Å². The monoisotopic (exact) mass is 472 g/mol. The van der Waals surface area contributed by atoms with E-state index in [0.29, 0.717) is 5.92 Å². The van der Waals surface area contributed by atoms with E-state index in [9.17, 15) is 4.39 Å². The largest absolute Gasteiger partial charge is 0.356 e. The van der Waals surface area contributed by atoms with E-state index in [4.69, 9.17) is 0 Å². The highest BCUT2D eigenvalue weighted by atomic mass is 127. The average Bonchev–Trinajstić information content (AvgIpc) is 3.17. The molecule has 1 aromatic heterocycles. The van der Waals surface area contributed by atoms with Crippen LogP contribution in [0.3, 0.4) is 0 Å². The van der Waals surface area contributed by atoms with Crippen molar-refractivity contribution in [3.05, 3.63) is 47.8 Å². The van der Waals surface area contributed by atoms with Crippen molar-refractivity contribution in [2.45, 2.75) is 31.6 Å². The van der Waals surface area contributed by atoms with E-state index in [2.05, 4.69) is 30.4 Å². The first-order valence-electron chi connectivity index (χ1n) is 8.81. The first-order valence-corrected chi connectivity index (χ1v) is 8.81. The molecule has 0 spiro atoms. The van der Waals surface area contributed by atoms with Gasteiger partial charge in [0.1, 0.15) is 18.0 Å². The van der Waals surface area contributed by atoms with E-state index in [1.54, 1.807) is 18.5 Å². The minimum Gasteiger partial charge on any atom is -0.356 e. The maximum Gasteiger partial charge on any atom is 0.193 e. The van der Waals surface area contributed by atoms with E-state index in [1.807, 2.05) is 13.1 Å². The first-order chi connectivity index (χ1) is 12.3. The Balaban J connectivity index is 0.00000243. The van der Waals surface area contributed by atoms with E-state index in [1.165, 1.54) is 6.07 Å². The number of likely N-dealkylation sites (tertiary alicyclic amines) is 1. The van der Waals surface area contributed by atoms with Crippen LogP contribution in [0.2, 0.25) is 0 Å². The van der Waals surface area contributed by atoms with Gasteiger partial charge in [-0.25, -0.2) is 9.37 Å². The first kappa shape index (κ1) is 20.6. The van der Waals surface area contributed by atoms with Gasteiger partial charge >= 0.3 is 0 Å². The summed E-state index contributed by atoms with van der Waals surface area (Å²) in [7, 11) is 1.82. The molecule has 1 fully saturated rings. The Morgan fingerprint density at radius 1 is 1.38 bits per heavy atom. The van der Waals surface area contributed by atoms with Gasteiger partial charge in [0.15, 0.2) is 5.96 Å². The fourth-order valence-electron chi connectivity index (χ4n) is 3.29. The molecule has 8 heteroatoms. The topological polar surface area (TPSA) is 69.2 Å². The summed E-state index contributed by atoms with van der Waals surface area (Å²) in [6.07, 6.45) is 5.45. The van der Waals surface area contributed by atoms with Crippen LogP contribution in [0.1, 0.15) is 36.6 Å². The van der Waals surface area contributed by atoms with Crippen LogP contribution >= 0.6 is 24.0 Å². The molecule has 2 heterocycles. The van der Waals surface area contributed by atoms with Crippen LogP contribution in [-0.4, -0.2) is 52.7 Å². The molecule has 26 heavy (non-hydrogen) atoms. The Bertz CT molecular complexity index is 683. The Morgan fingerprint density at radius 3 is 2.85 bits per heavy atom. The summed E-state index contributed by atoms with van der Waals surface area (Å²) < 4.78 is 13.2. The fourth-order valence-corrected chi connectivity index (χ4v) is 3.29. The summed E-state index contributed by atoms with van der Waals surface area (Å²) in [6.45, 7) is 2.73. The molecule has 1 aliphatic rings. The van der Waals surface area contributed by atoms with Crippen molar-refractivity contribution in [2.75, 3.05) is 26.7 Å². The van der Waals surface area contributed by atoms with Crippen molar-refractivity contribution in [1.82, 2.24) is 25.4 Å². The number of aryl methyl sites for hydroxylation is 1. The number of hydrogen-bond acceptors (Lipinski definition) is 3. The number of H-pyrrole nitrogens is 1. The molecule has 0 aliphatic carbocycles. The van der Waals surface area contributed by atoms with Crippen LogP contribution in [0.5, 0.6) is 0 Å². The molecule has 1 aliphatic heterocycles. The molecule has 2 N–H and O–H groups in total. The smallest absolute Gasteiger partial charge is 0.193 e. The van der Waals surface area contributed by atoms with Gasteiger partial charge in [-0.15, -0.1) is 24.0 Å². The second-order valence-electron chi connectivity index (χ2n) is 6.34. The number of guanidine groups is 1. The molecular weight excluding hydrogens is 446 g/mol. The highest BCUT2D eigenvalue weighted by molar-refractivity contribution is 14.0. The second kappa shape index (κ2) is 10.4. The lowest BCUT2D eigenvalue weighted by molar-refractivity contribution is 0.299. The summed E-state index contributed by atoms with van der Waals surface area (Å²) >= 11 is 0. The number of hydrogen-bond donors (Lipinski definition) is 2. The van der Waals surface area contributed by atoms with Crippen molar-refractivity contribution in [3.8, 4) is 0 Å². The van der Waals surface area contributed by atoms with Gasteiger partial charge in [-0.2, -0.15) is 5.10 Å². The Kier molecular flexibility index (Phi) is 8.27. The van der Waals surface area contributed by atoms with Crippen LogP contribution in [0.4, 0.5) is 4.39 Å². The third-order valence-corrected chi connectivity index (χ3v) is 4.64. The number of rotatable bonds is 5. The SMILES string of the molecule is CN=C(NCCCc1cccc(F)c1)N1CCC(c2ncn[nH]2)CC1.I. The third-order valence-electron chi connectivity index (χ3n) is 4.64. The van der Waals surface area contributed by atoms with Crippen molar-refractivity contribution in [1.29, 1.82) is 0 Å². The van der Waals surface area contributed by atoms with Crippen molar-refractivity contribution >= 4 is 29.9 Å². The van der Waals surface area contributed by atoms with Gasteiger partial charge in [-0.05, 0) is 43.4 Å². The number of benzene rings is 1. The zero-order valence-electron chi connectivity index (χ0n) is 15.0. The fraction of sp³-hybridized carbons (Fsp3) is 0.500. The van der Waals surface area contributed by atoms with Crippen molar-refractivity contribution < 1.29 is 4.39 Å². The third kappa shape index (κ3) is 5.65. The molecule has 0 saturated carbocycles. The number of aromatic amines is 1. The number of nitrogens with one attached hydrogen (secondary N) is 2. The average molecular weight is 472 g/mol. The van der Waals surface area contributed by atoms with Crippen LogP contribution in [-0.2, 0) is 6.42 Å². The summed E-state index contributed by atoms with van der Waals surface area (Å²) in [6, 6.07) is 6.80. The lowest BCUT2D eigenvalue weighted by atomic mass is 9.96. The molecule has 142 valence electrons. The number of piperidine rings is 1. The Morgan fingerprint density at radius 2 is 2.19 bits per heavy atom. The van der Waals surface area contributed by atoms with Gasteiger partial charge in [0, 0.05) is 32.6 Å². The van der Waals surface area contributed by atoms with E-state index in [0.717, 1.165) is 62.7 Å². The van der Waals surface area contributed by atoms with Crippen LogP contribution < -0.4 is 5.32 Å². The molecule has 1 saturated heterocycles.